The molecule has 0 aliphatic carbocycles. The Morgan fingerprint density at radius 3 is 2.52 bits per heavy atom. The van der Waals surface area contributed by atoms with Crippen LogP contribution in [-0.4, -0.2) is 55.3 Å². The van der Waals surface area contributed by atoms with E-state index in [4.69, 9.17) is 11.6 Å². The molecule has 0 bridgehead atoms. The quantitative estimate of drug-likeness (QED) is 0.628. The highest BCUT2D eigenvalue weighted by Gasteiger charge is 2.31. The molecule has 0 unspecified atom stereocenters. The van der Waals surface area contributed by atoms with Crippen LogP contribution in [0.4, 0.5) is 0 Å². The minimum Gasteiger partial charge on any atom is -0.393 e. The zero-order chi connectivity index (χ0) is 22.0. The molecule has 1 aromatic carbocycles. The third-order valence-corrected chi connectivity index (χ3v) is 6.33. The van der Waals surface area contributed by atoms with E-state index in [1.807, 2.05) is 35.2 Å². The minimum atomic E-state index is -0.649. The van der Waals surface area contributed by atoms with Crippen LogP contribution < -0.4 is 0 Å². The van der Waals surface area contributed by atoms with Crippen LogP contribution in [0.3, 0.4) is 0 Å². The molecule has 2 aromatic heterocycles. The molecule has 7 nitrogen and oxygen atoms in total. The molecule has 31 heavy (non-hydrogen) atoms. The number of hydrogen-bond acceptors (Lipinski definition) is 5. The van der Waals surface area contributed by atoms with E-state index in [9.17, 15) is 9.90 Å². The van der Waals surface area contributed by atoms with E-state index in [2.05, 4.69) is 20.2 Å². The molecule has 3 heterocycles. The van der Waals surface area contributed by atoms with Gasteiger partial charge in [-0.05, 0) is 38.0 Å². The van der Waals surface area contributed by atoms with Crippen LogP contribution in [0.5, 0.6) is 0 Å². The van der Waals surface area contributed by atoms with Crippen LogP contribution in [0, 0.1) is 5.92 Å². The van der Waals surface area contributed by atoms with E-state index in [0.29, 0.717) is 18.1 Å². The summed E-state index contributed by atoms with van der Waals surface area (Å²) in [6, 6.07) is 9.49. The number of aliphatic hydroxyl groups excluding tert-OH is 1. The summed E-state index contributed by atoms with van der Waals surface area (Å²) >= 11 is 6.07. The first-order valence-electron chi connectivity index (χ1n) is 10.5. The number of rotatable bonds is 5. The number of nitrogens with one attached hydrogen (secondary N) is 1. The third kappa shape index (κ3) is 4.48. The van der Waals surface area contributed by atoms with Gasteiger partial charge in [0.05, 0.1) is 17.7 Å². The molecule has 8 heteroatoms. The Hall–Kier alpha value is -2.77. The highest BCUT2D eigenvalue weighted by atomic mass is 35.5. The average molecular weight is 440 g/mol. The number of H-pyrrole nitrogens is 1. The van der Waals surface area contributed by atoms with Gasteiger partial charge in [0, 0.05) is 47.0 Å². The van der Waals surface area contributed by atoms with E-state index in [1.54, 1.807) is 20.0 Å². The van der Waals surface area contributed by atoms with Crippen LogP contribution in [0.1, 0.15) is 38.3 Å². The Morgan fingerprint density at radius 2 is 1.90 bits per heavy atom. The number of likely N-dealkylation sites (tertiary alicyclic amines) is 1. The van der Waals surface area contributed by atoms with E-state index in [0.717, 1.165) is 41.1 Å². The predicted molar refractivity (Wildman–Crippen MR) is 119 cm³/mol. The number of carbonyl (C=O) groups is 1. The summed E-state index contributed by atoms with van der Waals surface area (Å²) in [5.74, 6) is -0.155. The normalized spacial score (nSPS) is 16.8. The third-order valence-electron chi connectivity index (χ3n) is 6.08. The molecule has 2 atom stereocenters. The summed E-state index contributed by atoms with van der Waals surface area (Å²) in [6.45, 7) is 4.74. The van der Waals surface area contributed by atoms with Crippen molar-refractivity contribution in [3.05, 3.63) is 53.6 Å². The van der Waals surface area contributed by atoms with Gasteiger partial charge in [-0.2, -0.15) is 5.10 Å². The van der Waals surface area contributed by atoms with Crippen molar-refractivity contribution in [2.75, 3.05) is 13.1 Å². The Labute approximate surface area is 186 Å². The van der Waals surface area contributed by atoms with E-state index in [-0.39, 0.29) is 11.8 Å². The molecule has 162 valence electrons. The molecule has 0 saturated carbocycles. The summed E-state index contributed by atoms with van der Waals surface area (Å²) in [5.41, 5.74) is 4.58. The van der Waals surface area contributed by atoms with Crippen LogP contribution in [-0.2, 0) is 4.79 Å². The number of hydrogen-bond donors (Lipinski definition) is 2. The van der Waals surface area contributed by atoms with Gasteiger partial charge in [-0.15, -0.1) is 0 Å². The number of aliphatic hydroxyl groups is 1. The summed E-state index contributed by atoms with van der Waals surface area (Å²) < 4.78 is 0. The van der Waals surface area contributed by atoms with Crippen LogP contribution in [0.2, 0.25) is 5.02 Å². The van der Waals surface area contributed by atoms with Gasteiger partial charge in [0.25, 0.3) is 0 Å². The van der Waals surface area contributed by atoms with Crippen molar-refractivity contribution < 1.29 is 9.90 Å². The second-order valence-electron chi connectivity index (χ2n) is 8.09. The molecule has 1 saturated heterocycles. The smallest absolute Gasteiger partial charge is 0.227 e. The first-order valence-corrected chi connectivity index (χ1v) is 10.9. The maximum atomic E-state index is 12.6. The number of halogens is 1. The lowest BCUT2D eigenvalue weighted by Gasteiger charge is -2.34. The lowest BCUT2D eigenvalue weighted by molar-refractivity contribution is -0.139. The topological polar surface area (TPSA) is 95.0 Å². The van der Waals surface area contributed by atoms with Gasteiger partial charge in [0.1, 0.15) is 12.0 Å². The molecule has 1 fully saturated rings. The Morgan fingerprint density at radius 1 is 1.19 bits per heavy atom. The number of carbonyl (C=O) groups excluding carboxylic acids is 1. The number of aromatic amines is 1. The second-order valence-corrected chi connectivity index (χ2v) is 8.53. The molecule has 4 rings (SSSR count). The van der Waals surface area contributed by atoms with Crippen molar-refractivity contribution in [3.63, 3.8) is 0 Å². The fourth-order valence-corrected chi connectivity index (χ4v) is 4.17. The molecular weight excluding hydrogens is 414 g/mol. The number of aromatic nitrogens is 4. The Balaban J connectivity index is 1.62. The lowest BCUT2D eigenvalue weighted by atomic mass is 9.88. The summed E-state index contributed by atoms with van der Waals surface area (Å²) in [4.78, 5) is 23.0. The highest BCUT2D eigenvalue weighted by molar-refractivity contribution is 6.30. The molecule has 0 radical (unpaired) electrons. The second kappa shape index (κ2) is 9.16. The molecule has 1 aliphatic rings. The van der Waals surface area contributed by atoms with E-state index < -0.39 is 12.0 Å². The maximum Gasteiger partial charge on any atom is 0.227 e. The fourth-order valence-electron chi connectivity index (χ4n) is 4.05. The van der Waals surface area contributed by atoms with Crippen molar-refractivity contribution >= 4 is 17.5 Å². The summed E-state index contributed by atoms with van der Waals surface area (Å²) in [5, 5.41) is 18.3. The number of amides is 1. The number of nitrogens with zero attached hydrogens (tertiary/aromatic N) is 4. The van der Waals surface area contributed by atoms with Gasteiger partial charge >= 0.3 is 0 Å². The number of piperidine rings is 1. The molecule has 1 amide bonds. The van der Waals surface area contributed by atoms with Crippen molar-refractivity contribution in [3.8, 4) is 22.5 Å². The number of benzene rings is 1. The van der Waals surface area contributed by atoms with Gasteiger partial charge in [-0.1, -0.05) is 30.7 Å². The minimum absolute atomic E-state index is 0.0101. The van der Waals surface area contributed by atoms with Crippen molar-refractivity contribution in [2.24, 2.45) is 5.92 Å². The monoisotopic (exact) mass is 439 g/mol. The van der Waals surface area contributed by atoms with Gasteiger partial charge in [0.2, 0.25) is 5.91 Å². The van der Waals surface area contributed by atoms with Crippen molar-refractivity contribution in [1.29, 1.82) is 0 Å². The standard InChI is InChI=1S/C23H26ClN5O2/c1-14(15(2)30)23(31)29-11-8-17(9-12-29)22-20(19-7-10-25-13-26-19)21(27-28-22)16-3-5-18(24)6-4-16/h3-7,10,13-15,17,30H,8-9,11-12H2,1-2H3,(H,27,28)/t14-,15+/m0/s1. The van der Waals surface area contributed by atoms with Crippen LogP contribution >= 0.6 is 11.6 Å². The average Bonchev–Trinajstić information content (AvgIpc) is 3.24. The van der Waals surface area contributed by atoms with Crippen molar-refractivity contribution in [1.82, 2.24) is 25.1 Å². The molecular formula is C23H26ClN5O2. The Kier molecular flexibility index (Phi) is 6.34. The van der Waals surface area contributed by atoms with Crippen LogP contribution in [0.25, 0.3) is 22.5 Å². The zero-order valence-corrected chi connectivity index (χ0v) is 18.4. The molecule has 0 spiro atoms. The first kappa shape index (κ1) is 21.5. The van der Waals surface area contributed by atoms with E-state index >= 15 is 0 Å². The van der Waals surface area contributed by atoms with E-state index in [1.165, 1.54) is 6.33 Å². The summed E-state index contributed by atoms with van der Waals surface area (Å²) in [7, 11) is 0. The first-order chi connectivity index (χ1) is 15.0. The SMILES string of the molecule is C[C@H](C(=O)N1CCC(c2[nH]nc(-c3ccc(Cl)cc3)c2-c2ccncn2)CC1)[C@@H](C)O. The van der Waals surface area contributed by atoms with Gasteiger partial charge in [0.15, 0.2) is 0 Å². The van der Waals surface area contributed by atoms with Gasteiger partial charge < -0.3 is 10.0 Å². The largest absolute Gasteiger partial charge is 0.393 e. The molecule has 2 N–H and O–H groups in total. The van der Waals surface area contributed by atoms with Gasteiger partial charge in [-0.25, -0.2) is 9.97 Å². The maximum absolute atomic E-state index is 12.6. The zero-order valence-electron chi connectivity index (χ0n) is 17.6. The lowest BCUT2D eigenvalue weighted by Crippen LogP contribution is -2.43. The summed E-state index contributed by atoms with van der Waals surface area (Å²) in [6.07, 6.45) is 4.25. The highest BCUT2D eigenvalue weighted by Crippen LogP contribution is 2.39. The fraction of sp³-hybridized carbons (Fsp3) is 0.391. The predicted octanol–water partition coefficient (Wildman–Crippen LogP) is 3.91. The Bertz CT molecular complexity index is 1030. The van der Waals surface area contributed by atoms with Crippen LogP contribution in [0.15, 0.2) is 42.9 Å². The van der Waals surface area contributed by atoms with Gasteiger partial charge in [-0.3, -0.25) is 9.89 Å². The van der Waals surface area contributed by atoms with Crippen molar-refractivity contribution in [2.45, 2.75) is 38.7 Å². The molecule has 1 aliphatic heterocycles. The molecule has 3 aromatic rings.